The van der Waals surface area contributed by atoms with E-state index in [1.54, 1.807) is 38.5 Å². The quantitative estimate of drug-likeness (QED) is 0.710. The van der Waals surface area contributed by atoms with Gasteiger partial charge in [-0.25, -0.2) is 0 Å². The van der Waals surface area contributed by atoms with Crippen molar-refractivity contribution in [2.45, 2.75) is 12.8 Å². The summed E-state index contributed by atoms with van der Waals surface area (Å²) in [5.74, 6) is -0.288. The Bertz CT molecular complexity index is 758. The van der Waals surface area contributed by atoms with Crippen LogP contribution in [0.5, 0.6) is 11.5 Å². The lowest BCUT2D eigenvalue weighted by Crippen LogP contribution is -2.17. The lowest BCUT2D eigenvalue weighted by atomic mass is 9.90. The van der Waals surface area contributed by atoms with Crippen LogP contribution in [-0.4, -0.2) is 31.2 Å². The number of carboxylic acid groups (broad SMARTS) is 1. The maximum Gasteiger partial charge on any atom is 0.303 e. The Balaban J connectivity index is 2.62. The Morgan fingerprint density at radius 3 is 1.58 bits per heavy atom. The van der Waals surface area contributed by atoms with Gasteiger partial charge < -0.3 is 20.3 Å². The van der Waals surface area contributed by atoms with Crippen molar-refractivity contribution in [1.82, 2.24) is 0 Å². The molecule has 2 aromatic carbocycles. The molecule has 136 valence electrons. The SMILES string of the molecule is COc1ccc(C(=C(CCC(=O)O)C(N)=O)c2ccc(OC)cc2)cc1. The van der Waals surface area contributed by atoms with Gasteiger partial charge in [-0.15, -0.1) is 0 Å². The summed E-state index contributed by atoms with van der Waals surface area (Å²) in [5.41, 5.74) is 7.93. The number of carboxylic acids is 1. The number of methoxy groups -OCH3 is 2. The molecule has 0 saturated heterocycles. The second-order valence-electron chi connectivity index (χ2n) is 5.57. The third-order valence-electron chi connectivity index (χ3n) is 3.95. The van der Waals surface area contributed by atoms with E-state index < -0.39 is 11.9 Å². The minimum absolute atomic E-state index is 0.0397. The number of carbonyl (C=O) groups excluding carboxylic acids is 1. The Hall–Kier alpha value is -3.28. The molecule has 0 bridgehead atoms. The highest BCUT2D eigenvalue weighted by Gasteiger charge is 2.18. The first-order chi connectivity index (χ1) is 12.5. The number of hydrogen-bond acceptors (Lipinski definition) is 4. The van der Waals surface area contributed by atoms with Crippen molar-refractivity contribution >= 4 is 17.4 Å². The summed E-state index contributed by atoms with van der Waals surface area (Å²) < 4.78 is 10.3. The van der Waals surface area contributed by atoms with Crippen LogP contribution < -0.4 is 15.2 Å². The average molecular weight is 355 g/mol. The molecular weight excluding hydrogens is 334 g/mol. The topological polar surface area (TPSA) is 98.9 Å². The fraction of sp³-hybridized carbons (Fsp3) is 0.200. The molecular formula is C20H21NO5. The van der Waals surface area contributed by atoms with E-state index in [-0.39, 0.29) is 18.4 Å². The van der Waals surface area contributed by atoms with Crippen LogP contribution in [0.4, 0.5) is 0 Å². The summed E-state index contributed by atoms with van der Waals surface area (Å²) in [7, 11) is 3.13. The van der Waals surface area contributed by atoms with E-state index in [0.29, 0.717) is 17.1 Å². The summed E-state index contributed by atoms with van der Waals surface area (Å²) in [6, 6.07) is 14.3. The third-order valence-corrected chi connectivity index (χ3v) is 3.95. The minimum atomic E-state index is -0.993. The molecule has 3 N–H and O–H groups in total. The summed E-state index contributed by atoms with van der Waals surface area (Å²) >= 11 is 0. The Morgan fingerprint density at radius 2 is 1.27 bits per heavy atom. The highest BCUT2D eigenvalue weighted by Crippen LogP contribution is 2.31. The van der Waals surface area contributed by atoms with E-state index in [1.807, 2.05) is 24.3 Å². The molecule has 0 heterocycles. The molecule has 0 aromatic heterocycles. The van der Waals surface area contributed by atoms with Gasteiger partial charge in [0.05, 0.1) is 14.2 Å². The summed E-state index contributed by atoms with van der Waals surface area (Å²) in [4.78, 5) is 23.0. The number of amides is 1. The van der Waals surface area contributed by atoms with Gasteiger partial charge in [-0.1, -0.05) is 24.3 Å². The predicted molar refractivity (Wildman–Crippen MR) is 98.1 cm³/mol. The standard InChI is InChI=1S/C20H21NO5/c1-25-15-7-3-13(4-8-15)19(14-5-9-16(26-2)10-6-14)17(20(21)24)11-12-18(22)23/h3-10H,11-12H2,1-2H3,(H2,21,24)(H,22,23). The third kappa shape index (κ3) is 4.63. The van der Waals surface area contributed by atoms with E-state index in [1.165, 1.54) is 0 Å². The molecule has 0 aliphatic rings. The zero-order valence-corrected chi connectivity index (χ0v) is 14.7. The van der Waals surface area contributed by atoms with Crippen LogP contribution in [0.1, 0.15) is 24.0 Å². The normalized spacial score (nSPS) is 10.1. The number of hydrogen-bond donors (Lipinski definition) is 2. The van der Waals surface area contributed by atoms with Crippen molar-refractivity contribution in [3.63, 3.8) is 0 Å². The number of carbonyl (C=O) groups is 2. The van der Waals surface area contributed by atoms with Gasteiger partial charge in [0.1, 0.15) is 11.5 Å². The first-order valence-electron chi connectivity index (χ1n) is 8.00. The average Bonchev–Trinajstić information content (AvgIpc) is 2.65. The largest absolute Gasteiger partial charge is 0.497 e. The van der Waals surface area contributed by atoms with Crippen LogP contribution in [0.2, 0.25) is 0 Å². The van der Waals surface area contributed by atoms with E-state index in [9.17, 15) is 9.59 Å². The molecule has 6 nitrogen and oxygen atoms in total. The van der Waals surface area contributed by atoms with Gasteiger partial charge in [-0.3, -0.25) is 9.59 Å². The molecule has 0 aliphatic heterocycles. The van der Waals surface area contributed by atoms with Crippen LogP contribution in [0.25, 0.3) is 5.57 Å². The lowest BCUT2D eigenvalue weighted by molar-refractivity contribution is -0.136. The van der Waals surface area contributed by atoms with Crippen molar-refractivity contribution in [3.05, 3.63) is 65.2 Å². The van der Waals surface area contributed by atoms with E-state index >= 15 is 0 Å². The van der Waals surface area contributed by atoms with Crippen molar-refractivity contribution < 1.29 is 24.2 Å². The zero-order valence-electron chi connectivity index (χ0n) is 14.7. The molecule has 26 heavy (non-hydrogen) atoms. The monoisotopic (exact) mass is 355 g/mol. The number of benzene rings is 2. The number of nitrogens with two attached hydrogens (primary N) is 1. The van der Waals surface area contributed by atoms with Crippen LogP contribution in [0, 0.1) is 0 Å². The van der Waals surface area contributed by atoms with Crippen LogP contribution in [0.15, 0.2) is 54.1 Å². The number of primary amides is 1. The van der Waals surface area contributed by atoms with Crippen molar-refractivity contribution in [1.29, 1.82) is 0 Å². The maximum atomic E-state index is 12.1. The fourth-order valence-corrected chi connectivity index (χ4v) is 2.63. The fourth-order valence-electron chi connectivity index (χ4n) is 2.63. The van der Waals surface area contributed by atoms with Gasteiger partial charge in [0.2, 0.25) is 5.91 Å². The highest BCUT2D eigenvalue weighted by molar-refractivity contribution is 6.04. The molecule has 0 aliphatic carbocycles. The van der Waals surface area contributed by atoms with E-state index in [2.05, 4.69) is 0 Å². The van der Waals surface area contributed by atoms with Gasteiger partial charge in [0, 0.05) is 12.0 Å². The number of aliphatic carboxylic acids is 1. The summed E-state index contributed by atoms with van der Waals surface area (Å²) in [6.07, 6.45) is -0.147. The zero-order chi connectivity index (χ0) is 19.1. The molecule has 0 spiro atoms. The van der Waals surface area contributed by atoms with E-state index in [0.717, 1.165) is 11.1 Å². The predicted octanol–water partition coefficient (Wildman–Crippen LogP) is 2.86. The lowest BCUT2D eigenvalue weighted by Gasteiger charge is -2.15. The first kappa shape index (κ1) is 19.1. The van der Waals surface area contributed by atoms with Crippen molar-refractivity contribution in [2.24, 2.45) is 5.73 Å². The van der Waals surface area contributed by atoms with Gasteiger partial charge in [0.15, 0.2) is 0 Å². The van der Waals surface area contributed by atoms with Crippen LogP contribution >= 0.6 is 0 Å². The Labute approximate surface area is 151 Å². The summed E-state index contributed by atoms with van der Waals surface area (Å²) in [6.45, 7) is 0. The molecule has 0 unspecified atom stereocenters. The minimum Gasteiger partial charge on any atom is -0.497 e. The molecule has 2 aromatic rings. The Kier molecular flexibility index (Phi) is 6.38. The summed E-state index contributed by atoms with van der Waals surface area (Å²) in [5, 5.41) is 9.00. The van der Waals surface area contributed by atoms with Gasteiger partial charge in [-0.2, -0.15) is 0 Å². The van der Waals surface area contributed by atoms with Crippen LogP contribution in [-0.2, 0) is 9.59 Å². The van der Waals surface area contributed by atoms with Crippen molar-refractivity contribution in [2.75, 3.05) is 14.2 Å². The molecule has 6 heteroatoms. The Morgan fingerprint density at radius 1 is 0.846 bits per heavy atom. The molecule has 1 amide bonds. The van der Waals surface area contributed by atoms with Gasteiger partial charge in [0.25, 0.3) is 0 Å². The smallest absolute Gasteiger partial charge is 0.303 e. The first-order valence-corrected chi connectivity index (χ1v) is 8.00. The maximum absolute atomic E-state index is 12.1. The molecule has 0 saturated carbocycles. The number of rotatable bonds is 8. The second-order valence-corrected chi connectivity index (χ2v) is 5.57. The molecule has 0 radical (unpaired) electrons. The highest BCUT2D eigenvalue weighted by atomic mass is 16.5. The van der Waals surface area contributed by atoms with E-state index in [4.69, 9.17) is 20.3 Å². The van der Waals surface area contributed by atoms with Crippen molar-refractivity contribution in [3.8, 4) is 11.5 Å². The number of ether oxygens (including phenoxy) is 2. The van der Waals surface area contributed by atoms with Gasteiger partial charge >= 0.3 is 5.97 Å². The van der Waals surface area contributed by atoms with Gasteiger partial charge in [-0.05, 0) is 47.4 Å². The molecule has 0 atom stereocenters. The van der Waals surface area contributed by atoms with Crippen LogP contribution in [0.3, 0.4) is 0 Å². The second kappa shape index (κ2) is 8.71. The molecule has 0 fully saturated rings. The molecule has 2 rings (SSSR count).